The smallest absolute Gasteiger partial charge is 0.344 e. The Morgan fingerprint density at radius 3 is 1.68 bits per heavy atom. The van der Waals surface area contributed by atoms with Gasteiger partial charge in [-0.15, -0.1) is 0 Å². The summed E-state index contributed by atoms with van der Waals surface area (Å²) in [7, 11) is 0. The van der Waals surface area contributed by atoms with Crippen molar-refractivity contribution in [1.82, 2.24) is 0 Å². The van der Waals surface area contributed by atoms with Crippen molar-refractivity contribution < 1.29 is 28.5 Å². The average molecular weight is 509 g/mol. The van der Waals surface area contributed by atoms with Crippen LogP contribution < -0.4 is 9.47 Å². The first-order valence-corrected chi connectivity index (χ1v) is 13.6. The van der Waals surface area contributed by atoms with Gasteiger partial charge in [0.2, 0.25) is 0 Å². The van der Waals surface area contributed by atoms with E-state index in [1.54, 1.807) is 0 Å². The lowest BCUT2D eigenvalue weighted by atomic mass is 9.97. The fourth-order valence-electron chi connectivity index (χ4n) is 4.20. The second kappa shape index (κ2) is 15.1. The van der Waals surface area contributed by atoms with Crippen LogP contribution in [0.1, 0.15) is 71.3 Å². The Balaban J connectivity index is 1.98. The van der Waals surface area contributed by atoms with Crippen molar-refractivity contribution in [2.75, 3.05) is 26.4 Å². The topological polar surface area (TPSA) is 71.1 Å². The molecule has 0 saturated heterocycles. The van der Waals surface area contributed by atoms with E-state index in [-0.39, 0.29) is 19.2 Å². The van der Waals surface area contributed by atoms with Crippen LogP contribution in [0.3, 0.4) is 0 Å². The Hall–Kier alpha value is -3.28. The molecule has 0 fully saturated rings. The maximum absolute atomic E-state index is 12.3. The molecule has 6 nitrogen and oxygen atoms in total. The van der Waals surface area contributed by atoms with Crippen LogP contribution in [0, 0.1) is 0 Å². The number of ether oxygens (including phenoxy) is 4. The highest BCUT2D eigenvalue weighted by molar-refractivity contribution is 6.11. The minimum absolute atomic E-state index is 0.174. The first kappa shape index (κ1) is 28.3. The molecule has 0 aromatic heterocycles. The minimum Gasteiger partial charge on any atom is -0.481 e. The summed E-state index contributed by atoms with van der Waals surface area (Å²) in [6, 6.07) is 14.0. The molecule has 0 saturated carbocycles. The Morgan fingerprint density at radius 2 is 1.14 bits per heavy atom. The number of hydrogen-bond donors (Lipinski definition) is 0. The van der Waals surface area contributed by atoms with Gasteiger partial charge in [-0.2, -0.15) is 0 Å². The van der Waals surface area contributed by atoms with E-state index in [9.17, 15) is 9.59 Å². The molecule has 0 aliphatic heterocycles. The van der Waals surface area contributed by atoms with Gasteiger partial charge in [0, 0.05) is 21.5 Å². The summed E-state index contributed by atoms with van der Waals surface area (Å²) in [6.07, 6.45) is 7.93. The molecular formula is C31H40O6. The largest absolute Gasteiger partial charge is 0.481 e. The molecule has 3 aromatic carbocycles. The average Bonchev–Trinajstić information content (AvgIpc) is 2.91. The van der Waals surface area contributed by atoms with Crippen LogP contribution in [0.15, 0.2) is 42.5 Å². The van der Waals surface area contributed by atoms with Gasteiger partial charge in [-0.3, -0.25) is 0 Å². The van der Waals surface area contributed by atoms with E-state index < -0.39 is 5.97 Å². The van der Waals surface area contributed by atoms with Gasteiger partial charge in [0.1, 0.15) is 11.5 Å². The molecule has 0 unspecified atom stereocenters. The van der Waals surface area contributed by atoms with Gasteiger partial charge in [0.25, 0.3) is 0 Å². The van der Waals surface area contributed by atoms with Crippen molar-refractivity contribution in [3.8, 4) is 11.5 Å². The van der Waals surface area contributed by atoms with E-state index >= 15 is 0 Å². The molecule has 0 amide bonds. The lowest BCUT2D eigenvalue weighted by Gasteiger charge is -2.18. The van der Waals surface area contributed by atoms with E-state index in [0.29, 0.717) is 24.7 Å². The summed E-state index contributed by atoms with van der Waals surface area (Å²) in [5, 5.41) is 3.30. The summed E-state index contributed by atoms with van der Waals surface area (Å²) in [5.74, 6) is 0.446. The predicted octanol–water partition coefficient (Wildman–Crippen LogP) is 7.17. The van der Waals surface area contributed by atoms with E-state index in [2.05, 4.69) is 26.0 Å². The first-order chi connectivity index (χ1) is 18.1. The fourth-order valence-corrected chi connectivity index (χ4v) is 4.20. The third kappa shape index (κ3) is 8.11. The zero-order chi connectivity index (χ0) is 26.5. The number of fused-ring (bicyclic) bond motifs is 2. The molecule has 0 radical (unpaired) electrons. The van der Waals surface area contributed by atoms with Crippen LogP contribution in [0.2, 0.25) is 0 Å². The van der Waals surface area contributed by atoms with Crippen molar-refractivity contribution in [2.45, 2.75) is 72.1 Å². The van der Waals surface area contributed by atoms with Crippen molar-refractivity contribution >= 4 is 33.5 Å². The van der Waals surface area contributed by atoms with E-state index in [0.717, 1.165) is 72.9 Å². The number of carbonyl (C=O) groups excluding carboxylic acids is 2. The Labute approximate surface area is 220 Å². The van der Waals surface area contributed by atoms with Crippen molar-refractivity contribution in [3.63, 3.8) is 0 Å². The van der Waals surface area contributed by atoms with E-state index in [4.69, 9.17) is 18.9 Å². The molecule has 3 aromatic rings. The van der Waals surface area contributed by atoms with Crippen molar-refractivity contribution in [1.29, 1.82) is 0 Å². The van der Waals surface area contributed by atoms with Crippen LogP contribution in [0.4, 0.5) is 0 Å². The standard InChI is InChI=1S/C31H40O6/c1-4-7-10-13-23-16-17-26-27(20-23)31(37-22-29(33)35-19-9-6-3)25-15-12-11-14-24(25)30(26)36-21-28(32)34-18-8-5-2/h11-12,14-17,20H,4-10,13,18-19,21-22H2,1-3H3. The van der Waals surface area contributed by atoms with Gasteiger partial charge in [0.15, 0.2) is 13.2 Å². The van der Waals surface area contributed by atoms with Crippen LogP contribution >= 0.6 is 0 Å². The molecule has 0 spiro atoms. The monoisotopic (exact) mass is 508 g/mol. The molecule has 0 heterocycles. The van der Waals surface area contributed by atoms with Crippen LogP contribution in [0.5, 0.6) is 11.5 Å². The predicted molar refractivity (Wildman–Crippen MR) is 147 cm³/mol. The number of hydrogen-bond acceptors (Lipinski definition) is 6. The molecule has 0 aliphatic carbocycles. The van der Waals surface area contributed by atoms with Crippen molar-refractivity contribution in [3.05, 3.63) is 48.0 Å². The number of esters is 2. The maximum Gasteiger partial charge on any atom is 0.344 e. The van der Waals surface area contributed by atoms with Crippen LogP contribution in [-0.4, -0.2) is 38.4 Å². The second-order valence-corrected chi connectivity index (χ2v) is 9.27. The highest BCUT2D eigenvalue weighted by Crippen LogP contribution is 2.43. The lowest BCUT2D eigenvalue weighted by Crippen LogP contribution is -2.17. The quantitative estimate of drug-likeness (QED) is 0.116. The van der Waals surface area contributed by atoms with E-state index in [1.807, 2.05) is 37.3 Å². The van der Waals surface area contributed by atoms with Gasteiger partial charge < -0.3 is 18.9 Å². The van der Waals surface area contributed by atoms with Gasteiger partial charge >= 0.3 is 11.9 Å². The molecule has 0 bridgehead atoms. The molecule has 3 rings (SSSR count). The second-order valence-electron chi connectivity index (χ2n) is 9.27. The van der Waals surface area contributed by atoms with Crippen LogP contribution in [-0.2, 0) is 25.5 Å². The van der Waals surface area contributed by atoms with Gasteiger partial charge in [-0.05, 0) is 37.3 Å². The molecule has 0 N–H and O–H groups in total. The number of carbonyl (C=O) groups is 2. The number of unbranched alkanes of at least 4 members (excludes halogenated alkanes) is 4. The van der Waals surface area contributed by atoms with Crippen LogP contribution in [0.25, 0.3) is 21.5 Å². The fraction of sp³-hybridized carbons (Fsp3) is 0.484. The number of rotatable bonds is 16. The SMILES string of the molecule is CCCCCc1ccc2c(OCC(=O)OCCCC)c3ccccc3c(OCC(=O)OCCCC)c2c1. The summed E-state index contributed by atoms with van der Waals surface area (Å²) in [6.45, 7) is 6.72. The van der Waals surface area contributed by atoms with Gasteiger partial charge in [-0.1, -0.05) is 82.9 Å². The Kier molecular flexibility index (Phi) is 11.5. The summed E-state index contributed by atoms with van der Waals surface area (Å²) in [5.41, 5.74) is 1.19. The zero-order valence-corrected chi connectivity index (χ0v) is 22.5. The third-order valence-electron chi connectivity index (χ3n) is 6.25. The molecule has 6 heteroatoms. The Bertz CT molecular complexity index is 1170. The van der Waals surface area contributed by atoms with Crippen molar-refractivity contribution in [2.24, 2.45) is 0 Å². The highest BCUT2D eigenvalue weighted by Gasteiger charge is 2.19. The van der Waals surface area contributed by atoms with Gasteiger partial charge in [0.05, 0.1) is 13.2 Å². The van der Waals surface area contributed by atoms with E-state index in [1.165, 1.54) is 5.56 Å². The molecule has 37 heavy (non-hydrogen) atoms. The first-order valence-electron chi connectivity index (χ1n) is 13.6. The minimum atomic E-state index is -0.392. The number of aryl methyl sites for hydroxylation is 1. The molecule has 0 aliphatic rings. The Morgan fingerprint density at radius 1 is 0.622 bits per heavy atom. The van der Waals surface area contributed by atoms with Gasteiger partial charge in [-0.25, -0.2) is 9.59 Å². The molecule has 200 valence electrons. The summed E-state index contributed by atoms with van der Waals surface area (Å²) < 4.78 is 22.8. The lowest BCUT2D eigenvalue weighted by molar-refractivity contribution is -0.146. The molecular weight excluding hydrogens is 468 g/mol. The normalized spacial score (nSPS) is 11.0. The zero-order valence-electron chi connectivity index (χ0n) is 22.5. The molecule has 0 atom stereocenters. The number of benzene rings is 3. The third-order valence-corrected chi connectivity index (χ3v) is 6.25. The summed E-state index contributed by atoms with van der Waals surface area (Å²) in [4.78, 5) is 24.6. The summed E-state index contributed by atoms with van der Waals surface area (Å²) >= 11 is 0. The highest BCUT2D eigenvalue weighted by atomic mass is 16.6. The maximum atomic E-state index is 12.3.